The molecule has 0 unspecified atom stereocenters. The molecule has 0 saturated heterocycles. The first-order chi connectivity index (χ1) is 12.2. The van der Waals surface area contributed by atoms with Gasteiger partial charge in [-0.1, -0.05) is 18.2 Å². The van der Waals surface area contributed by atoms with E-state index in [4.69, 9.17) is 0 Å². The Kier molecular flexibility index (Phi) is 4.24. The molecule has 0 radical (unpaired) electrons. The highest BCUT2D eigenvalue weighted by Gasteiger charge is 2.29. The molecule has 2 aromatic carbocycles. The average molecular weight is 335 g/mol. The summed E-state index contributed by atoms with van der Waals surface area (Å²) in [4.78, 5) is 24.0. The Morgan fingerprint density at radius 1 is 1.00 bits per heavy atom. The largest absolute Gasteiger partial charge is 0.348 e. The van der Waals surface area contributed by atoms with Crippen molar-refractivity contribution in [2.24, 2.45) is 5.92 Å². The second-order valence-electron chi connectivity index (χ2n) is 6.73. The van der Waals surface area contributed by atoms with Crippen LogP contribution in [0, 0.1) is 5.92 Å². The summed E-state index contributed by atoms with van der Waals surface area (Å²) in [6.45, 7) is 2.32. The lowest BCUT2D eigenvalue weighted by atomic mass is 10.1. The molecular formula is C20H21N3O2. The van der Waals surface area contributed by atoms with Gasteiger partial charge in [0.2, 0.25) is 5.91 Å². The number of carbonyl (C=O) groups excluding carboxylic acids is 2. The highest BCUT2D eigenvalue weighted by molar-refractivity contribution is 5.96. The summed E-state index contributed by atoms with van der Waals surface area (Å²) < 4.78 is 0. The number of carbonyl (C=O) groups is 2. The van der Waals surface area contributed by atoms with Crippen LogP contribution in [0.25, 0.3) is 0 Å². The Morgan fingerprint density at radius 3 is 2.52 bits per heavy atom. The molecule has 25 heavy (non-hydrogen) atoms. The standard InChI is InChI=1S/C20H21N3O2/c24-19(22-10-13-1-2-16-11-21-12-17(16)9-13)14-5-7-18(8-6-14)23-20(25)15-3-4-15/h1-2,5-9,15,21H,3-4,10-12H2,(H,22,24)(H,23,25). The molecule has 5 nitrogen and oxygen atoms in total. The predicted octanol–water partition coefficient (Wildman–Crippen LogP) is 2.57. The van der Waals surface area contributed by atoms with E-state index < -0.39 is 0 Å². The molecule has 4 rings (SSSR count). The molecule has 5 heteroatoms. The Labute approximate surface area is 146 Å². The van der Waals surface area contributed by atoms with Gasteiger partial charge in [0.05, 0.1) is 0 Å². The van der Waals surface area contributed by atoms with Crippen LogP contribution < -0.4 is 16.0 Å². The Morgan fingerprint density at radius 2 is 1.76 bits per heavy atom. The summed E-state index contributed by atoms with van der Waals surface area (Å²) in [6.07, 6.45) is 1.95. The molecule has 1 aliphatic carbocycles. The molecule has 2 aromatic rings. The SMILES string of the molecule is O=C(NCc1ccc2c(c1)CNC2)c1ccc(NC(=O)C2CC2)cc1. The minimum absolute atomic E-state index is 0.0725. The summed E-state index contributed by atoms with van der Waals surface area (Å²) in [5.41, 5.74) is 5.07. The van der Waals surface area contributed by atoms with E-state index in [1.807, 2.05) is 0 Å². The van der Waals surface area contributed by atoms with Crippen LogP contribution in [0.3, 0.4) is 0 Å². The average Bonchev–Trinajstić information content (AvgIpc) is 3.38. The summed E-state index contributed by atoms with van der Waals surface area (Å²) in [5.74, 6) is 0.132. The smallest absolute Gasteiger partial charge is 0.251 e. The van der Waals surface area contributed by atoms with Gasteiger partial charge in [0, 0.05) is 36.8 Å². The van der Waals surface area contributed by atoms with E-state index in [1.165, 1.54) is 11.1 Å². The van der Waals surface area contributed by atoms with Crippen LogP contribution in [0.5, 0.6) is 0 Å². The van der Waals surface area contributed by atoms with Crippen molar-refractivity contribution in [1.82, 2.24) is 10.6 Å². The van der Waals surface area contributed by atoms with Crippen LogP contribution in [0.1, 0.15) is 39.9 Å². The third-order valence-electron chi connectivity index (χ3n) is 4.72. The maximum atomic E-state index is 12.3. The summed E-state index contributed by atoms with van der Waals surface area (Å²) in [5, 5.41) is 9.14. The van der Waals surface area contributed by atoms with Crippen LogP contribution in [-0.2, 0) is 24.4 Å². The van der Waals surface area contributed by atoms with E-state index in [0.717, 1.165) is 37.2 Å². The first-order valence-corrected chi connectivity index (χ1v) is 8.69. The van der Waals surface area contributed by atoms with Crippen molar-refractivity contribution in [2.45, 2.75) is 32.5 Å². The van der Waals surface area contributed by atoms with Crippen LogP contribution in [-0.4, -0.2) is 11.8 Å². The van der Waals surface area contributed by atoms with Crippen molar-refractivity contribution >= 4 is 17.5 Å². The number of rotatable bonds is 5. The number of hydrogen-bond acceptors (Lipinski definition) is 3. The highest BCUT2D eigenvalue weighted by Crippen LogP contribution is 2.30. The molecule has 0 aromatic heterocycles. The summed E-state index contributed by atoms with van der Waals surface area (Å²) >= 11 is 0. The fraction of sp³-hybridized carbons (Fsp3) is 0.300. The zero-order valence-corrected chi connectivity index (χ0v) is 14.0. The van der Waals surface area contributed by atoms with E-state index in [0.29, 0.717) is 12.1 Å². The molecule has 0 bridgehead atoms. The van der Waals surface area contributed by atoms with Crippen LogP contribution in [0.4, 0.5) is 5.69 Å². The second kappa shape index (κ2) is 6.69. The van der Waals surface area contributed by atoms with Crippen molar-refractivity contribution in [3.05, 3.63) is 64.7 Å². The quantitative estimate of drug-likeness (QED) is 0.786. The number of fused-ring (bicyclic) bond motifs is 1. The van der Waals surface area contributed by atoms with E-state index in [-0.39, 0.29) is 17.7 Å². The van der Waals surface area contributed by atoms with Gasteiger partial charge >= 0.3 is 0 Å². The third kappa shape index (κ3) is 3.72. The molecule has 2 amide bonds. The van der Waals surface area contributed by atoms with Crippen molar-refractivity contribution in [1.29, 1.82) is 0 Å². The normalized spacial score (nSPS) is 15.5. The molecule has 1 aliphatic heterocycles. The molecular weight excluding hydrogens is 314 g/mol. The van der Waals surface area contributed by atoms with Gasteiger partial charge in [0.25, 0.3) is 5.91 Å². The van der Waals surface area contributed by atoms with Crippen LogP contribution in [0.2, 0.25) is 0 Å². The zero-order chi connectivity index (χ0) is 17.2. The minimum Gasteiger partial charge on any atom is -0.348 e. The number of nitrogens with one attached hydrogen (secondary N) is 3. The number of anilines is 1. The Hall–Kier alpha value is -2.66. The Bertz CT molecular complexity index is 810. The van der Waals surface area contributed by atoms with Gasteiger partial charge in [-0.15, -0.1) is 0 Å². The topological polar surface area (TPSA) is 70.2 Å². The van der Waals surface area contributed by atoms with Crippen LogP contribution >= 0.6 is 0 Å². The molecule has 128 valence electrons. The molecule has 2 aliphatic rings. The lowest BCUT2D eigenvalue weighted by molar-refractivity contribution is -0.117. The van der Waals surface area contributed by atoms with E-state index in [9.17, 15) is 9.59 Å². The third-order valence-corrected chi connectivity index (χ3v) is 4.72. The fourth-order valence-electron chi connectivity index (χ4n) is 3.04. The predicted molar refractivity (Wildman–Crippen MR) is 96.0 cm³/mol. The van der Waals surface area contributed by atoms with Gasteiger partial charge in [-0.3, -0.25) is 9.59 Å². The second-order valence-corrected chi connectivity index (χ2v) is 6.73. The van der Waals surface area contributed by atoms with E-state index in [1.54, 1.807) is 24.3 Å². The van der Waals surface area contributed by atoms with Crippen LogP contribution in [0.15, 0.2) is 42.5 Å². The molecule has 1 saturated carbocycles. The molecule has 0 atom stereocenters. The molecule has 1 fully saturated rings. The van der Waals surface area contributed by atoms with E-state index in [2.05, 4.69) is 34.1 Å². The van der Waals surface area contributed by atoms with Gasteiger partial charge in [-0.2, -0.15) is 0 Å². The van der Waals surface area contributed by atoms with Crippen molar-refractivity contribution < 1.29 is 9.59 Å². The van der Waals surface area contributed by atoms with E-state index >= 15 is 0 Å². The van der Waals surface area contributed by atoms with Gasteiger partial charge in [0.1, 0.15) is 0 Å². The first-order valence-electron chi connectivity index (χ1n) is 8.69. The van der Waals surface area contributed by atoms with Gasteiger partial charge in [-0.05, 0) is 53.8 Å². The maximum absolute atomic E-state index is 12.3. The Balaban J connectivity index is 1.33. The molecule has 1 heterocycles. The van der Waals surface area contributed by atoms with Gasteiger partial charge < -0.3 is 16.0 Å². The minimum atomic E-state index is -0.112. The zero-order valence-electron chi connectivity index (χ0n) is 14.0. The number of amides is 2. The van der Waals surface area contributed by atoms with Crippen molar-refractivity contribution in [3.8, 4) is 0 Å². The number of benzene rings is 2. The monoisotopic (exact) mass is 335 g/mol. The first kappa shape index (κ1) is 15.8. The summed E-state index contributed by atoms with van der Waals surface area (Å²) in [7, 11) is 0. The highest BCUT2D eigenvalue weighted by atomic mass is 16.2. The maximum Gasteiger partial charge on any atom is 0.251 e. The lowest BCUT2D eigenvalue weighted by Gasteiger charge is -2.08. The molecule has 3 N–H and O–H groups in total. The number of hydrogen-bond donors (Lipinski definition) is 3. The van der Waals surface area contributed by atoms with Crippen molar-refractivity contribution in [2.75, 3.05) is 5.32 Å². The van der Waals surface area contributed by atoms with Gasteiger partial charge in [0.15, 0.2) is 0 Å². The lowest BCUT2D eigenvalue weighted by Crippen LogP contribution is -2.23. The van der Waals surface area contributed by atoms with Crippen molar-refractivity contribution in [3.63, 3.8) is 0 Å². The fourth-order valence-corrected chi connectivity index (χ4v) is 3.04. The summed E-state index contributed by atoms with van der Waals surface area (Å²) in [6, 6.07) is 13.4. The molecule has 0 spiro atoms. The van der Waals surface area contributed by atoms with Gasteiger partial charge in [-0.25, -0.2) is 0 Å².